The lowest BCUT2D eigenvalue weighted by Gasteiger charge is -2.26. The van der Waals surface area contributed by atoms with Crippen LogP contribution >= 0.6 is 0 Å². The molecule has 2 rings (SSSR count). The lowest BCUT2D eigenvalue weighted by molar-refractivity contribution is 0.0281. The Kier molecular flexibility index (Phi) is 6.25. The first-order valence-corrected chi connectivity index (χ1v) is 8.16. The highest BCUT2D eigenvalue weighted by atomic mass is 19.1. The number of nitrogens with one attached hydrogen (secondary N) is 2. The summed E-state index contributed by atoms with van der Waals surface area (Å²) >= 11 is 0. The van der Waals surface area contributed by atoms with E-state index in [1.165, 1.54) is 20.3 Å². The first-order chi connectivity index (χ1) is 11.5. The molecule has 0 radical (unpaired) electrons. The smallest absolute Gasteiger partial charge is 0.319 e. The molecule has 0 unspecified atom stereocenters. The van der Waals surface area contributed by atoms with E-state index in [4.69, 9.17) is 9.47 Å². The number of carbonyl (C=O) groups is 1. The highest BCUT2D eigenvalue weighted by molar-refractivity contribution is 5.89. The molecule has 0 atom stereocenters. The number of benzene rings is 1. The second-order valence-corrected chi connectivity index (χ2v) is 6.13. The number of aliphatic hydroxyl groups is 1. The maximum atomic E-state index is 14.0. The van der Waals surface area contributed by atoms with Gasteiger partial charge in [0.15, 0.2) is 17.3 Å². The number of carbonyl (C=O) groups excluding carboxylic acids is 1. The molecule has 134 valence electrons. The van der Waals surface area contributed by atoms with Gasteiger partial charge >= 0.3 is 6.03 Å². The molecule has 1 aliphatic carbocycles. The van der Waals surface area contributed by atoms with Crippen LogP contribution in [0.5, 0.6) is 11.5 Å². The summed E-state index contributed by atoms with van der Waals surface area (Å²) in [6, 6.07) is 1.93. The van der Waals surface area contributed by atoms with Crippen LogP contribution in [-0.4, -0.2) is 37.5 Å². The molecule has 0 spiro atoms. The first-order valence-electron chi connectivity index (χ1n) is 8.16. The highest BCUT2D eigenvalue weighted by Gasteiger charge is 2.28. The zero-order chi connectivity index (χ0) is 17.6. The van der Waals surface area contributed by atoms with Gasteiger partial charge in [0.1, 0.15) is 0 Å². The number of anilines is 1. The van der Waals surface area contributed by atoms with Gasteiger partial charge in [0.2, 0.25) is 0 Å². The minimum absolute atomic E-state index is 0.0157. The fourth-order valence-electron chi connectivity index (χ4n) is 2.92. The minimum atomic E-state index is -0.885. The molecular formula is C17H25FN2O4. The molecule has 24 heavy (non-hydrogen) atoms. The van der Waals surface area contributed by atoms with Gasteiger partial charge in [-0.05, 0) is 12.8 Å². The molecule has 1 aliphatic rings. The van der Waals surface area contributed by atoms with E-state index in [0.29, 0.717) is 18.6 Å². The SMILES string of the molecule is COc1cc(F)c(NC(=O)NCC2(O)CCCCCC2)cc1OC. The molecule has 0 bridgehead atoms. The maximum Gasteiger partial charge on any atom is 0.319 e. The fourth-order valence-corrected chi connectivity index (χ4v) is 2.92. The van der Waals surface area contributed by atoms with E-state index in [-0.39, 0.29) is 18.0 Å². The number of hydrogen-bond acceptors (Lipinski definition) is 4. The van der Waals surface area contributed by atoms with Crippen molar-refractivity contribution in [3.8, 4) is 11.5 Å². The molecule has 0 saturated heterocycles. The standard InChI is InChI=1S/C17H25FN2O4/c1-23-14-9-12(18)13(10-15(14)24-2)20-16(21)19-11-17(22)7-5-3-4-6-8-17/h9-10,22H,3-8,11H2,1-2H3,(H2,19,20,21). The molecule has 0 aliphatic heterocycles. The van der Waals surface area contributed by atoms with Gasteiger partial charge < -0.3 is 25.2 Å². The summed E-state index contributed by atoms with van der Waals surface area (Å²) in [5, 5.41) is 15.6. The number of rotatable bonds is 5. The summed E-state index contributed by atoms with van der Waals surface area (Å²) in [6.07, 6.45) is 5.43. The third-order valence-corrected chi connectivity index (χ3v) is 4.33. The third-order valence-electron chi connectivity index (χ3n) is 4.33. The summed E-state index contributed by atoms with van der Waals surface area (Å²) in [5.74, 6) is -0.0682. The molecule has 6 nitrogen and oxygen atoms in total. The minimum Gasteiger partial charge on any atom is -0.493 e. The topological polar surface area (TPSA) is 79.8 Å². The van der Waals surface area contributed by atoms with Gasteiger partial charge in [0.25, 0.3) is 0 Å². The zero-order valence-electron chi connectivity index (χ0n) is 14.2. The van der Waals surface area contributed by atoms with Crippen LogP contribution in [-0.2, 0) is 0 Å². The molecule has 1 aromatic carbocycles. The van der Waals surface area contributed by atoms with Crippen molar-refractivity contribution >= 4 is 11.7 Å². The van der Waals surface area contributed by atoms with Gasteiger partial charge in [-0.3, -0.25) is 0 Å². The van der Waals surface area contributed by atoms with Gasteiger partial charge in [-0.1, -0.05) is 25.7 Å². The summed E-state index contributed by atoms with van der Waals surface area (Å²) < 4.78 is 24.1. The van der Waals surface area contributed by atoms with Crippen molar-refractivity contribution < 1.29 is 23.8 Å². The van der Waals surface area contributed by atoms with Crippen LogP contribution in [0.15, 0.2) is 12.1 Å². The second kappa shape index (κ2) is 8.19. The van der Waals surface area contributed by atoms with Gasteiger partial charge in [0, 0.05) is 18.7 Å². The van der Waals surface area contributed by atoms with Crippen LogP contribution in [0.25, 0.3) is 0 Å². The van der Waals surface area contributed by atoms with E-state index < -0.39 is 17.4 Å². The predicted octanol–water partition coefficient (Wildman–Crippen LogP) is 3.05. The lowest BCUT2D eigenvalue weighted by atomic mass is 9.95. The van der Waals surface area contributed by atoms with Crippen LogP contribution in [0.4, 0.5) is 14.9 Å². The van der Waals surface area contributed by atoms with Crippen molar-refractivity contribution in [1.29, 1.82) is 0 Å². The Balaban J connectivity index is 1.97. The Bertz CT molecular complexity index is 572. The largest absolute Gasteiger partial charge is 0.493 e. The zero-order valence-corrected chi connectivity index (χ0v) is 14.2. The Morgan fingerprint density at radius 2 is 1.75 bits per heavy atom. The van der Waals surface area contributed by atoms with Crippen LogP contribution in [0.2, 0.25) is 0 Å². The molecule has 3 N–H and O–H groups in total. The van der Waals surface area contributed by atoms with Crippen LogP contribution in [0, 0.1) is 5.82 Å². The number of halogens is 1. The summed E-state index contributed by atoms with van der Waals surface area (Å²) in [6.45, 7) is 0.147. The molecular weight excluding hydrogens is 315 g/mol. The summed E-state index contributed by atoms with van der Waals surface area (Å²) in [4.78, 5) is 12.0. The molecule has 1 saturated carbocycles. The Morgan fingerprint density at radius 3 is 2.33 bits per heavy atom. The Hall–Kier alpha value is -2.02. The highest BCUT2D eigenvalue weighted by Crippen LogP contribution is 2.32. The van der Waals surface area contributed by atoms with Gasteiger partial charge in [-0.25, -0.2) is 9.18 Å². The monoisotopic (exact) mass is 340 g/mol. The number of hydrogen-bond donors (Lipinski definition) is 3. The molecule has 1 fully saturated rings. The second-order valence-electron chi connectivity index (χ2n) is 6.13. The van der Waals surface area contributed by atoms with Crippen LogP contribution < -0.4 is 20.1 Å². The first kappa shape index (κ1) is 18.3. The van der Waals surface area contributed by atoms with Crippen molar-refractivity contribution in [2.24, 2.45) is 0 Å². The van der Waals surface area contributed by atoms with E-state index >= 15 is 0 Å². The van der Waals surface area contributed by atoms with Crippen LogP contribution in [0.1, 0.15) is 38.5 Å². The van der Waals surface area contributed by atoms with Crippen molar-refractivity contribution in [1.82, 2.24) is 5.32 Å². The summed E-state index contributed by atoms with van der Waals surface area (Å²) in [7, 11) is 2.84. The van der Waals surface area contributed by atoms with E-state index in [0.717, 1.165) is 31.7 Å². The van der Waals surface area contributed by atoms with Gasteiger partial charge in [-0.2, -0.15) is 0 Å². The summed E-state index contributed by atoms with van der Waals surface area (Å²) in [5.41, 5.74) is -0.901. The normalized spacial score (nSPS) is 16.8. The molecule has 2 amide bonds. The Labute approximate surface area is 141 Å². The van der Waals surface area contributed by atoms with Crippen molar-refractivity contribution in [3.63, 3.8) is 0 Å². The van der Waals surface area contributed by atoms with Crippen molar-refractivity contribution in [3.05, 3.63) is 17.9 Å². The number of amides is 2. The molecule has 1 aromatic rings. The van der Waals surface area contributed by atoms with Crippen LogP contribution in [0.3, 0.4) is 0 Å². The van der Waals surface area contributed by atoms with E-state index in [1.54, 1.807) is 0 Å². The average molecular weight is 340 g/mol. The quantitative estimate of drug-likeness (QED) is 0.720. The van der Waals surface area contributed by atoms with E-state index in [2.05, 4.69) is 10.6 Å². The molecule has 7 heteroatoms. The number of methoxy groups -OCH3 is 2. The Morgan fingerprint density at radius 1 is 1.17 bits per heavy atom. The van der Waals surface area contributed by atoms with Crippen molar-refractivity contribution in [2.75, 3.05) is 26.1 Å². The van der Waals surface area contributed by atoms with E-state index in [9.17, 15) is 14.3 Å². The average Bonchev–Trinajstić information content (AvgIpc) is 2.79. The van der Waals surface area contributed by atoms with Gasteiger partial charge in [0.05, 0.1) is 25.5 Å². The van der Waals surface area contributed by atoms with Gasteiger partial charge in [-0.15, -0.1) is 0 Å². The fraction of sp³-hybridized carbons (Fsp3) is 0.588. The van der Waals surface area contributed by atoms with E-state index in [1.807, 2.05) is 0 Å². The van der Waals surface area contributed by atoms with Crippen molar-refractivity contribution in [2.45, 2.75) is 44.1 Å². The number of ether oxygens (including phenoxy) is 2. The number of urea groups is 1. The maximum absolute atomic E-state index is 14.0. The third kappa shape index (κ3) is 4.74. The molecule has 0 heterocycles. The lowest BCUT2D eigenvalue weighted by Crippen LogP contribution is -2.44. The predicted molar refractivity (Wildman–Crippen MR) is 89.2 cm³/mol. The molecule has 0 aromatic heterocycles.